The number of halogens is 1. The van der Waals surface area contributed by atoms with Crippen LogP contribution in [0.4, 0.5) is 16.6 Å². The molecule has 0 fully saturated rings. The van der Waals surface area contributed by atoms with Crippen LogP contribution in [0.25, 0.3) is 5.70 Å². The summed E-state index contributed by atoms with van der Waals surface area (Å²) in [5, 5.41) is 7.74. The van der Waals surface area contributed by atoms with E-state index in [-0.39, 0.29) is 0 Å². The summed E-state index contributed by atoms with van der Waals surface area (Å²) in [7, 11) is 0. The Morgan fingerprint density at radius 2 is 2.00 bits per heavy atom. The van der Waals surface area contributed by atoms with Crippen LogP contribution in [0.5, 0.6) is 0 Å². The molecule has 6 nitrogen and oxygen atoms in total. The molecule has 0 saturated heterocycles. The number of hydrogen-bond acceptors (Lipinski definition) is 7. The van der Waals surface area contributed by atoms with Gasteiger partial charge in [0.1, 0.15) is 11.6 Å². The first kappa shape index (κ1) is 17.3. The third kappa shape index (κ3) is 4.12. The largest absolute Gasteiger partial charge is 0.352 e. The highest BCUT2D eigenvalue weighted by molar-refractivity contribution is 7.16. The van der Waals surface area contributed by atoms with Gasteiger partial charge in [-0.2, -0.15) is 0 Å². The number of nitrogens with one attached hydrogen (secondary N) is 2. The van der Waals surface area contributed by atoms with Crippen molar-refractivity contribution in [3.8, 4) is 0 Å². The summed E-state index contributed by atoms with van der Waals surface area (Å²) < 4.78 is 0. The molecule has 0 unspecified atom stereocenters. The molecule has 0 amide bonds. The zero-order valence-electron chi connectivity index (χ0n) is 14.1. The van der Waals surface area contributed by atoms with Gasteiger partial charge in [0.05, 0.1) is 27.0 Å². The smallest absolute Gasteiger partial charge is 0.188 e. The lowest BCUT2D eigenvalue weighted by Crippen LogP contribution is -1.99. The molecule has 0 aliphatic rings. The Kier molecular flexibility index (Phi) is 4.96. The monoisotopic (exact) mass is 372 g/mol. The maximum Gasteiger partial charge on any atom is 0.188 e. The molecule has 128 valence electrons. The van der Waals surface area contributed by atoms with Gasteiger partial charge in [0.25, 0.3) is 0 Å². The second-order valence-corrected chi connectivity index (χ2v) is 6.89. The standard InChI is InChI=1S/C17H17ClN6S/c1-9-7-15(23-12(4)21-9)24-17-20-8-14(25-17)10(2)22-16-11(3)19-6-5-13(16)18/h5-8,22H,2H2,1,3-4H3,(H,20,21,23,24). The minimum Gasteiger partial charge on any atom is -0.352 e. The maximum absolute atomic E-state index is 6.22. The topological polar surface area (TPSA) is 75.6 Å². The van der Waals surface area contributed by atoms with E-state index >= 15 is 0 Å². The predicted molar refractivity (Wildman–Crippen MR) is 104 cm³/mol. The molecule has 0 aliphatic heterocycles. The first-order chi connectivity index (χ1) is 11.9. The van der Waals surface area contributed by atoms with E-state index in [1.54, 1.807) is 18.5 Å². The third-order valence-corrected chi connectivity index (χ3v) is 4.66. The molecular formula is C17H17ClN6S. The lowest BCUT2D eigenvalue weighted by atomic mass is 10.3. The number of anilines is 3. The Morgan fingerprint density at radius 1 is 1.20 bits per heavy atom. The average molecular weight is 373 g/mol. The molecule has 0 aromatic carbocycles. The van der Waals surface area contributed by atoms with E-state index in [2.05, 4.69) is 37.1 Å². The van der Waals surface area contributed by atoms with Gasteiger partial charge < -0.3 is 10.6 Å². The molecule has 0 aliphatic carbocycles. The molecule has 3 heterocycles. The van der Waals surface area contributed by atoms with Crippen LogP contribution >= 0.6 is 22.9 Å². The molecule has 3 aromatic rings. The van der Waals surface area contributed by atoms with Crippen molar-refractivity contribution in [3.05, 3.63) is 58.2 Å². The molecule has 3 rings (SSSR count). The minimum atomic E-state index is 0.600. The highest BCUT2D eigenvalue weighted by Crippen LogP contribution is 2.30. The van der Waals surface area contributed by atoms with Gasteiger partial charge in [-0.05, 0) is 26.8 Å². The van der Waals surface area contributed by atoms with Gasteiger partial charge >= 0.3 is 0 Å². The Balaban J connectivity index is 1.75. The summed E-state index contributed by atoms with van der Waals surface area (Å²) in [5.74, 6) is 1.43. The van der Waals surface area contributed by atoms with Crippen molar-refractivity contribution >= 4 is 45.3 Å². The molecule has 2 N–H and O–H groups in total. The number of rotatable bonds is 5. The molecule has 0 atom stereocenters. The third-order valence-electron chi connectivity index (χ3n) is 3.37. The van der Waals surface area contributed by atoms with E-state index in [0.29, 0.717) is 16.5 Å². The van der Waals surface area contributed by atoms with Crippen LogP contribution in [0, 0.1) is 20.8 Å². The maximum atomic E-state index is 6.22. The van der Waals surface area contributed by atoms with Gasteiger partial charge in [-0.15, -0.1) is 0 Å². The fourth-order valence-corrected chi connectivity index (χ4v) is 3.25. The molecule has 8 heteroatoms. The highest BCUT2D eigenvalue weighted by Gasteiger charge is 2.11. The lowest BCUT2D eigenvalue weighted by Gasteiger charge is -2.11. The first-order valence-electron chi connectivity index (χ1n) is 7.55. The normalized spacial score (nSPS) is 10.6. The van der Waals surface area contributed by atoms with Gasteiger partial charge in [0.2, 0.25) is 0 Å². The van der Waals surface area contributed by atoms with E-state index in [1.165, 1.54) is 11.3 Å². The van der Waals surface area contributed by atoms with E-state index < -0.39 is 0 Å². The number of aryl methyl sites for hydroxylation is 3. The number of aromatic nitrogens is 4. The van der Waals surface area contributed by atoms with Crippen LogP contribution < -0.4 is 10.6 Å². The SMILES string of the molecule is C=C(Nc1c(Cl)ccnc1C)c1cnc(Nc2cc(C)nc(C)n2)s1. The molecule has 0 saturated carbocycles. The van der Waals surface area contributed by atoms with Gasteiger partial charge in [-0.1, -0.05) is 29.5 Å². The van der Waals surface area contributed by atoms with Crippen molar-refractivity contribution < 1.29 is 0 Å². The molecule has 0 bridgehead atoms. The fourth-order valence-electron chi connectivity index (χ4n) is 2.26. The number of thiazole rings is 1. The summed E-state index contributed by atoms with van der Waals surface area (Å²) >= 11 is 7.69. The summed E-state index contributed by atoms with van der Waals surface area (Å²) in [6, 6.07) is 3.61. The second kappa shape index (κ2) is 7.16. The highest BCUT2D eigenvalue weighted by atomic mass is 35.5. The van der Waals surface area contributed by atoms with Crippen molar-refractivity contribution in [1.29, 1.82) is 0 Å². The quantitative estimate of drug-likeness (QED) is 0.674. The van der Waals surface area contributed by atoms with E-state index in [0.717, 1.165) is 32.9 Å². The average Bonchev–Trinajstić information content (AvgIpc) is 2.98. The summed E-state index contributed by atoms with van der Waals surface area (Å²) in [5.41, 5.74) is 3.17. The summed E-state index contributed by atoms with van der Waals surface area (Å²) in [6.45, 7) is 9.75. The van der Waals surface area contributed by atoms with E-state index in [1.807, 2.05) is 26.8 Å². The number of nitrogens with zero attached hydrogens (tertiary/aromatic N) is 4. The van der Waals surface area contributed by atoms with Crippen LogP contribution in [-0.2, 0) is 0 Å². The summed E-state index contributed by atoms with van der Waals surface area (Å²) in [6.07, 6.45) is 3.43. The first-order valence-corrected chi connectivity index (χ1v) is 8.74. The zero-order chi connectivity index (χ0) is 18.0. The van der Waals surface area contributed by atoms with Crippen molar-refractivity contribution in [3.63, 3.8) is 0 Å². The molecule has 3 aromatic heterocycles. The Morgan fingerprint density at radius 3 is 2.72 bits per heavy atom. The van der Waals surface area contributed by atoms with Crippen LogP contribution in [0.15, 0.2) is 31.1 Å². The van der Waals surface area contributed by atoms with Gasteiger partial charge in [0, 0.05) is 24.2 Å². The Hall–Kier alpha value is -2.51. The van der Waals surface area contributed by atoms with Crippen molar-refractivity contribution in [2.24, 2.45) is 0 Å². The van der Waals surface area contributed by atoms with Crippen LogP contribution in [-0.4, -0.2) is 19.9 Å². The van der Waals surface area contributed by atoms with Gasteiger partial charge in [-0.3, -0.25) is 4.98 Å². The van der Waals surface area contributed by atoms with Crippen molar-refractivity contribution in [2.45, 2.75) is 20.8 Å². The Labute approximate surface area is 155 Å². The van der Waals surface area contributed by atoms with Crippen LogP contribution in [0.1, 0.15) is 22.1 Å². The predicted octanol–water partition coefficient (Wildman–Crippen LogP) is 4.73. The minimum absolute atomic E-state index is 0.600. The fraction of sp³-hybridized carbons (Fsp3) is 0.176. The van der Waals surface area contributed by atoms with Gasteiger partial charge in [0.15, 0.2) is 5.13 Å². The van der Waals surface area contributed by atoms with Crippen molar-refractivity contribution in [1.82, 2.24) is 19.9 Å². The second-order valence-electron chi connectivity index (χ2n) is 5.45. The van der Waals surface area contributed by atoms with Crippen LogP contribution in [0.3, 0.4) is 0 Å². The molecular weight excluding hydrogens is 356 g/mol. The van der Waals surface area contributed by atoms with Crippen molar-refractivity contribution in [2.75, 3.05) is 10.6 Å². The lowest BCUT2D eigenvalue weighted by molar-refractivity contribution is 1.01. The number of hydrogen-bond donors (Lipinski definition) is 2. The van der Waals surface area contributed by atoms with Crippen LogP contribution in [0.2, 0.25) is 5.02 Å². The molecule has 25 heavy (non-hydrogen) atoms. The summed E-state index contributed by atoms with van der Waals surface area (Å²) in [4.78, 5) is 18.1. The van der Waals surface area contributed by atoms with E-state index in [9.17, 15) is 0 Å². The Bertz CT molecular complexity index is 896. The van der Waals surface area contributed by atoms with E-state index in [4.69, 9.17) is 11.6 Å². The zero-order valence-corrected chi connectivity index (χ0v) is 15.7. The van der Waals surface area contributed by atoms with Gasteiger partial charge in [-0.25, -0.2) is 15.0 Å². The molecule has 0 radical (unpaired) electrons. The molecule has 0 spiro atoms. The number of pyridine rings is 1.